The number of hydrogen-bond donors (Lipinski definition) is 1. The highest BCUT2D eigenvalue weighted by atomic mass is 31.2. The molecule has 7 atom stereocenters. The van der Waals surface area contributed by atoms with Crippen molar-refractivity contribution >= 4 is 31.4 Å². The van der Waals surface area contributed by atoms with Gasteiger partial charge in [-0.15, -0.1) is 0 Å². The van der Waals surface area contributed by atoms with E-state index in [1.165, 1.54) is 49.2 Å². The average Bonchev–Trinajstić information content (AvgIpc) is 1.37. The number of methoxy groups -OCH3 is 3. The molecule has 0 radical (unpaired) electrons. The molecule has 0 saturated carbocycles. The Bertz CT molecular complexity index is 3880. The van der Waals surface area contributed by atoms with Crippen LogP contribution in [-0.2, 0) is 42.7 Å². The molecule has 6 aromatic carbocycles. The molecule has 1 N–H and O–H groups in total. The van der Waals surface area contributed by atoms with Crippen LogP contribution in [-0.4, -0.2) is 103 Å². The zero-order valence-electron chi connectivity index (χ0n) is 47.3. The number of ether oxygens (including phenoxy) is 7. The highest BCUT2D eigenvalue weighted by Crippen LogP contribution is 2.53. The third-order valence-corrected chi connectivity index (χ3v) is 16.1. The molecule has 4 heterocycles. The summed E-state index contributed by atoms with van der Waals surface area (Å²) in [5.41, 5.74) is -1.42. The number of esters is 1. The third-order valence-electron chi connectivity index (χ3n) is 14.7. The summed E-state index contributed by atoms with van der Waals surface area (Å²) in [5, 5.41) is 2.64. The lowest BCUT2D eigenvalue weighted by atomic mass is 9.80. The number of amides is 1. The molecule has 0 aliphatic carbocycles. The molecule has 1 unspecified atom stereocenters. The lowest BCUT2D eigenvalue weighted by Crippen LogP contribution is -2.45. The largest absolute Gasteiger partial charge is 0.497 e. The van der Waals surface area contributed by atoms with E-state index in [2.05, 4.69) is 10.3 Å². The van der Waals surface area contributed by atoms with Gasteiger partial charge < -0.3 is 38.5 Å². The first-order valence-electron chi connectivity index (χ1n) is 27.2. The maximum atomic E-state index is 15.1. The highest BCUT2D eigenvalue weighted by Gasteiger charge is 2.48. The quantitative estimate of drug-likeness (QED) is 0.0379. The number of anilines is 1. The Morgan fingerprint density at radius 3 is 1.69 bits per heavy atom. The fourth-order valence-electron chi connectivity index (χ4n) is 10.2. The summed E-state index contributed by atoms with van der Waals surface area (Å²) in [5.74, 6) is -0.484. The smallest absolute Gasteiger partial charge is 0.474 e. The van der Waals surface area contributed by atoms with Crippen LogP contribution < -0.4 is 36.5 Å². The number of carbonyl (C=O) groups excluding carboxylic acids is 3. The van der Waals surface area contributed by atoms with Gasteiger partial charge in [-0.25, -0.2) is 18.9 Å². The minimum absolute atomic E-state index is 0.0300. The Labute approximate surface area is 492 Å². The number of rotatable bonds is 22. The first-order valence-corrected chi connectivity index (χ1v) is 28.6. The van der Waals surface area contributed by atoms with Crippen molar-refractivity contribution in [1.29, 1.82) is 0 Å². The predicted molar refractivity (Wildman–Crippen MR) is 312 cm³/mol. The fourth-order valence-corrected chi connectivity index (χ4v) is 11.4. The Morgan fingerprint density at radius 2 is 1.13 bits per heavy atom. The molecule has 2 aliphatic rings. The van der Waals surface area contributed by atoms with E-state index in [0.717, 1.165) is 11.7 Å². The van der Waals surface area contributed by atoms with Crippen molar-refractivity contribution in [3.05, 3.63) is 253 Å². The molecule has 0 bridgehead atoms. The van der Waals surface area contributed by atoms with Gasteiger partial charge in [0.05, 0.1) is 40.1 Å². The number of phosphoric acid groups is 1. The second kappa shape index (κ2) is 26.4. The van der Waals surface area contributed by atoms with E-state index in [-0.39, 0.29) is 47.5 Å². The number of phosphoric ester groups is 1. The van der Waals surface area contributed by atoms with E-state index in [0.29, 0.717) is 38.5 Å². The van der Waals surface area contributed by atoms with Crippen LogP contribution in [0.3, 0.4) is 0 Å². The molecule has 22 nitrogen and oxygen atoms in total. The van der Waals surface area contributed by atoms with Crippen LogP contribution in [0.25, 0.3) is 0 Å². The Morgan fingerprint density at radius 1 is 0.616 bits per heavy atom. The van der Waals surface area contributed by atoms with Gasteiger partial charge in [0.25, 0.3) is 17.4 Å². The minimum Gasteiger partial charge on any atom is -0.497 e. The molecule has 2 saturated heterocycles. The van der Waals surface area contributed by atoms with Gasteiger partial charge in [0, 0.05) is 49.0 Å². The van der Waals surface area contributed by atoms with E-state index in [9.17, 15) is 28.8 Å². The molecule has 1 amide bonds. The molecular formula is C63H60N5O17P. The summed E-state index contributed by atoms with van der Waals surface area (Å²) in [7, 11) is 0.948. The Kier molecular flexibility index (Phi) is 18.4. The molecule has 2 aliphatic heterocycles. The molecular weight excluding hydrogens is 1130 g/mol. The molecule has 10 rings (SSSR count). The monoisotopic (exact) mass is 1190 g/mol. The van der Waals surface area contributed by atoms with Crippen LogP contribution >= 0.6 is 7.82 Å². The summed E-state index contributed by atoms with van der Waals surface area (Å²) in [4.78, 5) is 86.4. The standard InChI is InChI=1S/C63H60N5O17P/c1-40-37-67(62(74)68(58(40)70)59(71)42-15-9-6-10-16-42)56-35-50(84-60(72)43-17-11-7-12-18-43)53(83-56)39-81-86(75,79-5)85-51-36-55(66-34-33-54(65-61(66)73)64-57(69)41-21-27-47(76-2)28-22-41)82-52(51)38-80-63(44-19-13-8-14-20-44,45-23-29-48(77-3)30-24-45)46-25-31-49(78-4)32-26-46/h6-34,37,50-53,55-56H,35-36,38-39H2,1-5H3,(H,64,65,69,73)/t50-,51-,52+,53+,55+,56+,86?/m0/s1. The summed E-state index contributed by atoms with van der Waals surface area (Å²) in [6.45, 7) is 0.496. The molecule has 2 aromatic heterocycles. The van der Waals surface area contributed by atoms with E-state index < -0.39 is 91.6 Å². The van der Waals surface area contributed by atoms with Gasteiger partial charge in [-0.2, -0.15) is 9.55 Å². The molecule has 444 valence electrons. The molecule has 2 fully saturated rings. The van der Waals surface area contributed by atoms with Crippen molar-refractivity contribution in [3.8, 4) is 17.2 Å². The second-order valence-corrected chi connectivity index (χ2v) is 21.7. The van der Waals surface area contributed by atoms with E-state index >= 15 is 4.57 Å². The third kappa shape index (κ3) is 12.9. The first-order chi connectivity index (χ1) is 41.6. The summed E-state index contributed by atoms with van der Waals surface area (Å²) < 4.78 is 78.5. The fraction of sp³-hybridized carbons (Fsp3) is 0.254. The van der Waals surface area contributed by atoms with Crippen molar-refractivity contribution in [2.45, 2.75) is 62.2 Å². The van der Waals surface area contributed by atoms with Crippen LogP contribution in [0, 0.1) is 6.92 Å². The number of nitrogens with zero attached hydrogens (tertiary/aromatic N) is 4. The number of nitrogens with one attached hydrogen (secondary N) is 1. The average molecular weight is 1190 g/mol. The van der Waals surface area contributed by atoms with Crippen LogP contribution in [0.15, 0.2) is 197 Å². The molecule has 86 heavy (non-hydrogen) atoms. The predicted octanol–water partition coefficient (Wildman–Crippen LogP) is 8.51. The van der Waals surface area contributed by atoms with Crippen LogP contribution in [0.1, 0.15) is 78.6 Å². The number of carbonyl (C=O) groups is 3. The van der Waals surface area contributed by atoms with Crippen molar-refractivity contribution in [3.63, 3.8) is 0 Å². The van der Waals surface area contributed by atoms with Crippen LogP contribution in [0.5, 0.6) is 17.2 Å². The van der Waals surface area contributed by atoms with E-state index in [1.54, 1.807) is 111 Å². The molecule has 23 heteroatoms. The number of hydrogen-bond acceptors (Lipinski definition) is 18. The molecule has 8 aromatic rings. The SMILES string of the molecule is COc1ccc(C(=O)Nc2ccn([C@H]3C[C@H](OP(=O)(OC)OC[C@H]4O[C@@H](n5cc(C)c(=O)n(C(=O)c6ccccc6)c5=O)C[C@@H]4OC(=O)c4ccccc4)[C@@H](COC(c4ccccc4)(c4ccc(OC)cc4)c4ccc(OC)cc4)O3)c(=O)n2)cc1. The maximum Gasteiger partial charge on any atom is 0.474 e. The molecule has 0 spiro atoms. The number of aryl methyl sites for hydroxylation is 1. The number of benzene rings is 6. The zero-order chi connectivity index (χ0) is 60.5. The minimum atomic E-state index is -4.77. The lowest BCUT2D eigenvalue weighted by Gasteiger charge is -2.37. The van der Waals surface area contributed by atoms with Crippen LogP contribution in [0.4, 0.5) is 5.82 Å². The van der Waals surface area contributed by atoms with E-state index in [4.69, 9.17) is 46.7 Å². The van der Waals surface area contributed by atoms with Crippen LogP contribution in [0.2, 0.25) is 0 Å². The van der Waals surface area contributed by atoms with Crippen molar-refractivity contribution < 1.29 is 65.7 Å². The van der Waals surface area contributed by atoms with Crippen molar-refractivity contribution in [1.82, 2.24) is 18.7 Å². The summed E-state index contributed by atoms with van der Waals surface area (Å²) in [6.07, 6.45) is -5.04. The lowest BCUT2D eigenvalue weighted by molar-refractivity contribution is -0.0957. The van der Waals surface area contributed by atoms with E-state index in [1.807, 2.05) is 54.6 Å². The summed E-state index contributed by atoms with van der Waals surface area (Å²) >= 11 is 0. The van der Waals surface area contributed by atoms with Crippen molar-refractivity contribution in [2.24, 2.45) is 0 Å². The second-order valence-electron chi connectivity index (χ2n) is 19.9. The topological polar surface area (TPSA) is 251 Å². The van der Waals surface area contributed by atoms with Gasteiger partial charge in [0.1, 0.15) is 65.5 Å². The summed E-state index contributed by atoms with van der Waals surface area (Å²) in [6, 6.07) is 47.8. The Balaban J connectivity index is 0.971. The van der Waals surface area contributed by atoms with Gasteiger partial charge in [-0.05, 0) is 102 Å². The first kappa shape index (κ1) is 60.0. The maximum absolute atomic E-state index is 15.1. The van der Waals surface area contributed by atoms with Gasteiger partial charge in [-0.3, -0.25) is 37.1 Å². The van der Waals surface area contributed by atoms with Crippen molar-refractivity contribution in [2.75, 3.05) is 47.0 Å². The Hall–Kier alpha value is -9.12. The van der Waals surface area contributed by atoms with Gasteiger partial charge in [0.2, 0.25) is 0 Å². The normalized spacial score (nSPS) is 19.0. The van der Waals surface area contributed by atoms with Gasteiger partial charge in [0.15, 0.2) is 0 Å². The number of aromatic nitrogens is 4. The van der Waals surface area contributed by atoms with Gasteiger partial charge in [-0.1, -0.05) is 91.0 Å². The van der Waals surface area contributed by atoms with Gasteiger partial charge >= 0.3 is 25.2 Å². The highest BCUT2D eigenvalue weighted by molar-refractivity contribution is 7.48. The zero-order valence-corrected chi connectivity index (χ0v) is 48.2.